The van der Waals surface area contributed by atoms with Crippen LogP contribution in [0.5, 0.6) is 0 Å². The largest absolute Gasteiger partial charge is 0.465 e. The summed E-state index contributed by atoms with van der Waals surface area (Å²) in [5.41, 5.74) is 1.61. The van der Waals surface area contributed by atoms with E-state index < -0.39 is 0 Å². The number of carbonyl (C=O) groups is 2. The van der Waals surface area contributed by atoms with Gasteiger partial charge < -0.3 is 14.8 Å². The molecule has 2 unspecified atom stereocenters. The standard InChI is InChI=1S/C18H26N2O4S/c1-11-4-5-13-14(8-11)25-17(16(13)18(22)23-3)19-15(21)10-20-6-7-24-12(2)9-20/h11-12H,4-10H2,1-3H3,(H,19,21). The first-order chi connectivity index (χ1) is 12.0. The van der Waals surface area contributed by atoms with Crippen molar-refractivity contribution in [2.24, 2.45) is 5.92 Å². The SMILES string of the molecule is COC(=O)c1c(NC(=O)CN2CCOC(C)C2)sc2c1CCC(C)C2. The van der Waals surface area contributed by atoms with Crippen molar-refractivity contribution in [3.8, 4) is 0 Å². The van der Waals surface area contributed by atoms with Gasteiger partial charge in [-0.3, -0.25) is 9.69 Å². The third-order valence-corrected chi connectivity index (χ3v) is 6.02. The van der Waals surface area contributed by atoms with Crippen LogP contribution in [0.2, 0.25) is 0 Å². The summed E-state index contributed by atoms with van der Waals surface area (Å²) in [5.74, 6) is 0.156. The molecule has 0 radical (unpaired) electrons. The Morgan fingerprint density at radius 3 is 2.92 bits per heavy atom. The second-order valence-corrected chi connectivity index (χ2v) is 8.12. The molecule has 25 heavy (non-hydrogen) atoms. The van der Waals surface area contributed by atoms with E-state index in [-0.39, 0.29) is 18.0 Å². The Morgan fingerprint density at radius 1 is 1.40 bits per heavy atom. The molecule has 7 heteroatoms. The van der Waals surface area contributed by atoms with Gasteiger partial charge >= 0.3 is 5.97 Å². The fraction of sp³-hybridized carbons (Fsp3) is 0.667. The van der Waals surface area contributed by atoms with Crippen LogP contribution in [0.4, 0.5) is 5.00 Å². The molecule has 2 heterocycles. The number of hydrogen-bond acceptors (Lipinski definition) is 6. The number of rotatable bonds is 4. The number of anilines is 1. The van der Waals surface area contributed by atoms with Gasteiger partial charge in [0, 0.05) is 18.0 Å². The first kappa shape index (κ1) is 18.4. The number of hydrogen-bond donors (Lipinski definition) is 1. The van der Waals surface area contributed by atoms with Crippen LogP contribution in [0, 0.1) is 5.92 Å². The third kappa shape index (κ3) is 4.22. The van der Waals surface area contributed by atoms with Gasteiger partial charge in [-0.25, -0.2) is 4.79 Å². The van der Waals surface area contributed by atoms with Crippen molar-refractivity contribution in [1.29, 1.82) is 0 Å². The summed E-state index contributed by atoms with van der Waals surface area (Å²) >= 11 is 1.52. The van der Waals surface area contributed by atoms with Gasteiger partial charge in [-0.2, -0.15) is 0 Å². The fourth-order valence-corrected chi connectivity index (χ4v) is 4.98. The van der Waals surface area contributed by atoms with Crippen LogP contribution in [-0.2, 0) is 27.1 Å². The van der Waals surface area contributed by atoms with Crippen LogP contribution >= 0.6 is 11.3 Å². The maximum absolute atomic E-state index is 12.5. The molecule has 138 valence electrons. The van der Waals surface area contributed by atoms with E-state index in [1.807, 2.05) is 6.92 Å². The lowest BCUT2D eigenvalue weighted by atomic mass is 9.88. The highest BCUT2D eigenvalue weighted by Crippen LogP contribution is 2.40. The van der Waals surface area contributed by atoms with E-state index in [1.165, 1.54) is 23.3 Å². The predicted octanol–water partition coefficient (Wildman–Crippen LogP) is 2.32. The molecule has 1 aromatic heterocycles. The van der Waals surface area contributed by atoms with E-state index >= 15 is 0 Å². The molecule has 2 atom stereocenters. The quantitative estimate of drug-likeness (QED) is 0.829. The number of fused-ring (bicyclic) bond motifs is 1. The summed E-state index contributed by atoms with van der Waals surface area (Å²) in [7, 11) is 1.39. The van der Waals surface area contributed by atoms with E-state index in [2.05, 4.69) is 17.1 Å². The number of amides is 1. The average Bonchev–Trinajstić information content (AvgIpc) is 2.90. The minimum atomic E-state index is -0.359. The zero-order valence-corrected chi connectivity index (χ0v) is 15.9. The molecule has 1 aliphatic heterocycles. The van der Waals surface area contributed by atoms with Gasteiger partial charge in [-0.15, -0.1) is 11.3 Å². The highest BCUT2D eigenvalue weighted by Gasteiger charge is 2.29. The normalized spacial score (nSPS) is 23.8. The van der Waals surface area contributed by atoms with Crippen molar-refractivity contribution in [3.63, 3.8) is 0 Å². The molecule has 0 spiro atoms. The van der Waals surface area contributed by atoms with Crippen LogP contribution in [-0.4, -0.2) is 56.2 Å². The molecule has 0 saturated carbocycles. The first-order valence-electron chi connectivity index (χ1n) is 8.84. The highest BCUT2D eigenvalue weighted by molar-refractivity contribution is 7.17. The Bertz CT molecular complexity index is 658. The molecular formula is C18H26N2O4S. The number of nitrogens with zero attached hydrogens (tertiary/aromatic N) is 1. The Balaban J connectivity index is 1.74. The van der Waals surface area contributed by atoms with E-state index in [4.69, 9.17) is 9.47 Å². The summed E-state index contributed by atoms with van der Waals surface area (Å²) in [6, 6.07) is 0. The zero-order valence-electron chi connectivity index (χ0n) is 15.1. The molecule has 1 fully saturated rings. The molecule has 3 rings (SSSR count). The molecule has 0 bridgehead atoms. The number of nitrogens with one attached hydrogen (secondary N) is 1. The van der Waals surface area contributed by atoms with E-state index in [9.17, 15) is 9.59 Å². The lowest BCUT2D eigenvalue weighted by Gasteiger charge is -2.30. The van der Waals surface area contributed by atoms with Crippen LogP contribution in [0.3, 0.4) is 0 Å². The number of methoxy groups -OCH3 is 1. The minimum Gasteiger partial charge on any atom is -0.465 e. The lowest BCUT2D eigenvalue weighted by molar-refractivity contribution is -0.119. The predicted molar refractivity (Wildman–Crippen MR) is 97.3 cm³/mol. The van der Waals surface area contributed by atoms with Crippen LogP contribution in [0.25, 0.3) is 0 Å². The van der Waals surface area contributed by atoms with Gasteiger partial charge in [-0.05, 0) is 37.7 Å². The highest BCUT2D eigenvalue weighted by atomic mass is 32.1. The summed E-state index contributed by atoms with van der Waals surface area (Å²) in [5, 5.41) is 3.59. The summed E-state index contributed by atoms with van der Waals surface area (Å²) < 4.78 is 10.5. The smallest absolute Gasteiger partial charge is 0.341 e. The van der Waals surface area contributed by atoms with Gasteiger partial charge in [-0.1, -0.05) is 6.92 Å². The number of esters is 1. The molecule has 2 aliphatic rings. The molecule has 0 aromatic carbocycles. The van der Waals surface area contributed by atoms with Gasteiger partial charge in [0.15, 0.2) is 0 Å². The van der Waals surface area contributed by atoms with Crippen molar-refractivity contribution in [3.05, 3.63) is 16.0 Å². The maximum Gasteiger partial charge on any atom is 0.341 e. The summed E-state index contributed by atoms with van der Waals surface area (Å²) in [6.45, 7) is 6.68. The number of carbonyl (C=O) groups excluding carboxylic acids is 2. The third-order valence-electron chi connectivity index (χ3n) is 4.85. The van der Waals surface area contributed by atoms with Crippen molar-refractivity contribution >= 4 is 28.2 Å². The molecule has 1 amide bonds. The van der Waals surface area contributed by atoms with E-state index in [0.717, 1.165) is 37.9 Å². The maximum atomic E-state index is 12.5. The Labute approximate surface area is 152 Å². The topological polar surface area (TPSA) is 67.9 Å². The lowest BCUT2D eigenvalue weighted by Crippen LogP contribution is -2.44. The molecule has 6 nitrogen and oxygen atoms in total. The number of ether oxygens (including phenoxy) is 2. The number of morpholine rings is 1. The zero-order chi connectivity index (χ0) is 18.0. The second-order valence-electron chi connectivity index (χ2n) is 7.01. The van der Waals surface area contributed by atoms with Crippen LogP contribution in [0.1, 0.15) is 41.1 Å². The summed E-state index contributed by atoms with van der Waals surface area (Å²) in [6.07, 6.45) is 3.03. The van der Waals surface area contributed by atoms with Crippen LogP contribution < -0.4 is 5.32 Å². The van der Waals surface area contributed by atoms with Gasteiger partial charge in [0.05, 0.1) is 31.9 Å². The van der Waals surface area contributed by atoms with Gasteiger partial charge in [0.2, 0.25) is 5.91 Å². The molecule has 1 aliphatic carbocycles. The minimum absolute atomic E-state index is 0.0918. The van der Waals surface area contributed by atoms with Crippen molar-refractivity contribution in [2.75, 3.05) is 38.7 Å². The Morgan fingerprint density at radius 2 is 2.20 bits per heavy atom. The summed E-state index contributed by atoms with van der Waals surface area (Å²) in [4.78, 5) is 28.0. The molecular weight excluding hydrogens is 340 g/mol. The van der Waals surface area contributed by atoms with Gasteiger partial charge in [0.25, 0.3) is 0 Å². The van der Waals surface area contributed by atoms with E-state index in [1.54, 1.807) is 0 Å². The average molecular weight is 366 g/mol. The first-order valence-corrected chi connectivity index (χ1v) is 9.66. The Hall–Kier alpha value is -1.44. The van der Waals surface area contributed by atoms with Crippen molar-refractivity contribution in [1.82, 2.24) is 4.90 Å². The van der Waals surface area contributed by atoms with Gasteiger partial charge in [0.1, 0.15) is 5.00 Å². The monoisotopic (exact) mass is 366 g/mol. The number of thiophene rings is 1. The van der Waals surface area contributed by atoms with Crippen molar-refractivity contribution in [2.45, 2.75) is 39.2 Å². The van der Waals surface area contributed by atoms with Crippen molar-refractivity contribution < 1.29 is 19.1 Å². The Kier molecular flexibility index (Phi) is 5.76. The van der Waals surface area contributed by atoms with E-state index in [0.29, 0.717) is 29.6 Å². The molecule has 1 N–H and O–H groups in total. The fourth-order valence-electron chi connectivity index (χ4n) is 3.56. The van der Waals surface area contributed by atoms with Crippen LogP contribution in [0.15, 0.2) is 0 Å². The molecule has 1 aromatic rings. The molecule has 1 saturated heterocycles. The second kappa shape index (κ2) is 7.85.